The maximum Gasteiger partial charge on any atom is 0.202 e. The summed E-state index contributed by atoms with van der Waals surface area (Å²) in [7, 11) is -3.57. The van der Waals surface area contributed by atoms with E-state index in [1.165, 1.54) is 6.07 Å². The summed E-state index contributed by atoms with van der Waals surface area (Å²) in [4.78, 5) is 2.36. The standard InChI is InChI=1S/C20H22FNO3S.C3H6O2/c1-14-3-6-18(7-4-14)26(24,25)15(2)16-9-11-22(12-10-16)20-8-5-17(23)13-19(20)21;4-3-1-5-2-3/h3-8,13,16,23H,2,9-12H2,1H3;3-4H,1-2H2. The van der Waals surface area contributed by atoms with Gasteiger partial charge in [-0.2, -0.15) is 0 Å². The van der Waals surface area contributed by atoms with Crippen LogP contribution in [-0.2, 0) is 14.6 Å². The Bertz CT molecular complexity index is 1010. The fourth-order valence-corrected chi connectivity index (χ4v) is 4.98. The number of hydrogen-bond donors (Lipinski definition) is 2. The molecule has 2 N–H and O–H groups in total. The lowest BCUT2D eigenvalue weighted by molar-refractivity contribution is -0.0936. The average Bonchev–Trinajstić information content (AvgIpc) is 2.73. The number of rotatable bonds is 4. The van der Waals surface area contributed by atoms with Crippen molar-refractivity contribution in [1.29, 1.82) is 0 Å². The molecule has 2 saturated heterocycles. The molecule has 0 atom stereocenters. The van der Waals surface area contributed by atoms with Crippen molar-refractivity contribution in [2.45, 2.75) is 30.8 Å². The van der Waals surface area contributed by atoms with Gasteiger partial charge in [0.05, 0.1) is 23.8 Å². The molecule has 2 heterocycles. The van der Waals surface area contributed by atoms with Crippen molar-refractivity contribution >= 4 is 15.5 Å². The minimum Gasteiger partial charge on any atom is -0.508 e. The fraction of sp³-hybridized carbons (Fsp3) is 0.391. The number of halogens is 1. The van der Waals surface area contributed by atoms with Gasteiger partial charge in [-0.05, 0) is 49.9 Å². The molecule has 6 nitrogen and oxygen atoms in total. The van der Waals surface area contributed by atoms with Gasteiger partial charge in [0, 0.05) is 24.1 Å². The number of hydrogen-bond acceptors (Lipinski definition) is 6. The van der Waals surface area contributed by atoms with Gasteiger partial charge < -0.3 is 19.8 Å². The number of aliphatic hydroxyl groups is 1. The third-order valence-corrected chi connectivity index (χ3v) is 7.44. The van der Waals surface area contributed by atoms with Crippen molar-refractivity contribution in [3.63, 3.8) is 0 Å². The number of aromatic hydroxyl groups is 1. The molecular weight excluding hydrogens is 421 g/mol. The summed E-state index contributed by atoms with van der Waals surface area (Å²) in [5.41, 5.74) is 1.42. The zero-order valence-corrected chi connectivity index (χ0v) is 18.3. The molecule has 0 saturated carbocycles. The Morgan fingerprint density at radius 3 is 2.19 bits per heavy atom. The highest BCUT2D eigenvalue weighted by atomic mass is 32.2. The number of aryl methyl sites for hydroxylation is 1. The minimum absolute atomic E-state index is 0.112. The van der Waals surface area contributed by atoms with E-state index in [-0.39, 0.29) is 27.6 Å². The molecule has 168 valence electrons. The molecule has 2 aromatic rings. The van der Waals surface area contributed by atoms with Crippen molar-refractivity contribution in [3.8, 4) is 5.75 Å². The van der Waals surface area contributed by atoms with E-state index in [4.69, 9.17) is 5.11 Å². The number of benzene rings is 2. The molecule has 0 aromatic heterocycles. The molecular formula is C23H28FNO5S. The molecule has 0 unspecified atom stereocenters. The van der Waals surface area contributed by atoms with Gasteiger partial charge in [0.15, 0.2) is 0 Å². The number of piperidine rings is 1. The van der Waals surface area contributed by atoms with E-state index < -0.39 is 15.7 Å². The van der Waals surface area contributed by atoms with Crippen molar-refractivity contribution in [1.82, 2.24) is 0 Å². The molecule has 31 heavy (non-hydrogen) atoms. The second kappa shape index (κ2) is 9.80. The molecule has 0 amide bonds. The molecule has 2 aliphatic heterocycles. The van der Waals surface area contributed by atoms with Gasteiger partial charge in [-0.15, -0.1) is 0 Å². The SMILES string of the molecule is C=C(C1CCN(c2ccc(O)cc2F)CC1)S(=O)(=O)c1ccc(C)cc1.OC1COC1. The Morgan fingerprint density at radius 2 is 1.71 bits per heavy atom. The van der Waals surface area contributed by atoms with Gasteiger partial charge in [-0.1, -0.05) is 24.3 Å². The maximum absolute atomic E-state index is 14.0. The Balaban J connectivity index is 0.000000478. The topological polar surface area (TPSA) is 87.1 Å². The molecule has 2 aliphatic rings. The Labute approximate surface area is 182 Å². The van der Waals surface area contributed by atoms with Gasteiger partial charge in [0.25, 0.3) is 0 Å². The number of nitrogens with zero attached hydrogens (tertiary/aromatic N) is 1. The van der Waals surface area contributed by atoms with E-state index in [0.717, 1.165) is 11.6 Å². The first-order valence-corrected chi connectivity index (χ1v) is 11.7. The summed E-state index contributed by atoms with van der Waals surface area (Å²) < 4.78 is 44.2. The van der Waals surface area contributed by atoms with Gasteiger partial charge >= 0.3 is 0 Å². The summed E-state index contributed by atoms with van der Waals surface area (Å²) in [6.45, 7) is 7.92. The normalized spacial score (nSPS) is 17.5. The lowest BCUT2D eigenvalue weighted by Gasteiger charge is -2.34. The van der Waals surface area contributed by atoms with E-state index in [1.54, 1.807) is 30.3 Å². The van der Waals surface area contributed by atoms with Crippen LogP contribution in [0.25, 0.3) is 0 Å². The highest BCUT2D eigenvalue weighted by molar-refractivity contribution is 7.95. The van der Waals surface area contributed by atoms with E-state index in [1.807, 2.05) is 11.8 Å². The largest absolute Gasteiger partial charge is 0.508 e. The number of allylic oxidation sites excluding steroid dienone is 1. The number of phenolic OH excluding ortho intramolecular Hbond substituents is 1. The van der Waals surface area contributed by atoms with Crippen molar-refractivity contribution in [3.05, 3.63) is 65.3 Å². The summed E-state index contributed by atoms with van der Waals surface area (Å²) in [6, 6.07) is 10.8. The van der Waals surface area contributed by atoms with Crippen LogP contribution in [0.3, 0.4) is 0 Å². The monoisotopic (exact) mass is 449 g/mol. The molecule has 2 fully saturated rings. The fourth-order valence-electron chi connectivity index (χ4n) is 3.51. The number of sulfone groups is 1. The van der Waals surface area contributed by atoms with E-state index in [2.05, 4.69) is 11.3 Å². The smallest absolute Gasteiger partial charge is 0.202 e. The van der Waals surface area contributed by atoms with E-state index >= 15 is 0 Å². The Kier molecular flexibility index (Phi) is 7.35. The molecule has 8 heteroatoms. The quantitative estimate of drug-likeness (QED) is 0.744. The predicted molar refractivity (Wildman–Crippen MR) is 117 cm³/mol. The molecule has 0 bridgehead atoms. The van der Waals surface area contributed by atoms with Crippen molar-refractivity contribution in [2.75, 3.05) is 31.2 Å². The summed E-state index contributed by atoms with van der Waals surface area (Å²) in [5, 5.41) is 17.7. The van der Waals surface area contributed by atoms with Crippen LogP contribution in [0.15, 0.2) is 58.8 Å². The van der Waals surface area contributed by atoms with Gasteiger partial charge in [-0.3, -0.25) is 0 Å². The zero-order valence-electron chi connectivity index (χ0n) is 17.5. The first-order valence-electron chi connectivity index (χ1n) is 10.2. The summed E-state index contributed by atoms with van der Waals surface area (Å²) in [6.07, 6.45) is 1.02. The van der Waals surface area contributed by atoms with Gasteiger partial charge in [0.1, 0.15) is 17.7 Å². The van der Waals surface area contributed by atoms with Crippen LogP contribution in [-0.4, -0.2) is 51.0 Å². The van der Waals surface area contributed by atoms with Crippen LogP contribution in [0.5, 0.6) is 5.75 Å². The number of phenols is 1. The summed E-state index contributed by atoms with van der Waals surface area (Å²) >= 11 is 0. The van der Waals surface area contributed by atoms with Crippen LogP contribution in [0, 0.1) is 18.7 Å². The predicted octanol–water partition coefficient (Wildman–Crippen LogP) is 3.42. The molecule has 0 radical (unpaired) electrons. The van der Waals surface area contributed by atoms with Crippen LogP contribution in [0.2, 0.25) is 0 Å². The Hall–Kier alpha value is -2.42. The zero-order chi connectivity index (χ0) is 22.6. The lowest BCUT2D eigenvalue weighted by atomic mass is 9.96. The van der Waals surface area contributed by atoms with Crippen molar-refractivity contribution < 1.29 is 27.8 Å². The first kappa shape index (κ1) is 23.2. The summed E-state index contributed by atoms with van der Waals surface area (Å²) in [5.74, 6) is -0.744. The third-order valence-electron chi connectivity index (χ3n) is 5.52. The molecule has 0 spiro atoms. The minimum atomic E-state index is -3.57. The van der Waals surface area contributed by atoms with Crippen LogP contribution in [0.1, 0.15) is 18.4 Å². The van der Waals surface area contributed by atoms with E-state index in [9.17, 15) is 17.9 Å². The lowest BCUT2D eigenvalue weighted by Crippen LogP contribution is -2.35. The highest BCUT2D eigenvalue weighted by Gasteiger charge is 2.30. The van der Waals surface area contributed by atoms with E-state index in [0.29, 0.717) is 44.8 Å². The van der Waals surface area contributed by atoms with Gasteiger partial charge in [-0.25, -0.2) is 12.8 Å². The third kappa shape index (κ3) is 5.64. The van der Waals surface area contributed by atoms with Crippen molar-refractivity contribution in [2.24, 2.45) is 5.92 Å². The van der Waals surface area contributed by atoms with Crippen LogP contribution in [0.4, 0.5) is 10.1 Å². The van der Waals surface area contributed by atoms with Crippen LogP contribution < -0.4 is 4.90 Å². The van der Waals surface area contributed by atoms with Gasteiger partial charge in [0.2, 0.25) is 9.84 Å². The highest BCUT2D eigenvalue weighted by Crippen LogP contribution is 2.34. The number of ether oxygens (including phenoxy) is 1. The Morgan fingerprint density at radius 1 is 1.13 bits per heavy atom. The second-order valence-electron chi connectivity index (χ2n) is 7.87. The average molecular weight is 450 g/mol. The molecule has 0 aliphatic carbocycles. The number of aliphatic hydroxyl groups excluding tert-OH is 1. The molecule has 4 rings (SSSR count). The first-order chi connectivity index (χ1) is 14.7. The number of anilines is 1. The maximum atomic E-state index is 14.0. The second-order valence-corrected chi connectivity index (χ2v) is 9.87. The molecule has 2 aromatic carbocycles. The van der Waals surface area contributed by atoms with Crippen LogP contribution >= 0.6 is 0 Å².